The fraction of sp³-hybridized carbons (Fsp3) is 0.600. The van der Waals surface area contributed by atoms with E-state index in [0.29, 0.717) is 5.02 Å². The van der Waals surface area contributed by atoms with E-state index in [1.807, 2.05) is 13.1 Å². The molecule has 0 bridgehead atoms. The van der Waals surface area contributed by atoms with Gasteiger partial charge in [-0.25, -0.2) is 4.39 Å². The number of rotatable bonds is 4. The highest BCUT2D eigenvalue weighted by atomic mass is 35.5. The fourth-order valence-corrected chi connectivity index (χ4v) is 3.32. The van der Waals surface area contributed by atoms with E-state index in [4.69, 9.17) is 11.6 Å². The maximum Gasteiger partial charge on any atom is 0.127 e. The number of benzene rings is 1. The van der Waals surface area contributed by atoms with Gasteiger partial charge in [-0.15, -0.1) is 0 Å². The molecule has 18 heavy (non-hydrogen) atoms. The highest BCUT2D eigenvalue weighted by molar-refractivity contribution is 6.30. The quantitative estimate of drug-likeness (QED) is 0.864. The third-order valence-corrected chi connectivity index (χ3v) is 4.28. The first-order valence-corrected chi connectivity index (χ1v) is 7.12. The van der Waals surface area contributed by atoms with Crippen LogP contribution in [0.4, 0.5) is 4.39 Å². The second-order valence-electron chi connectivity index (χ2n) is 5.50. The van der Waals surface area contributed by atoms with E-state index < -0.39 is 0 Å². The molecule has 0 radical (unpaired) electrons. The van der Waals surface area contributed by atoms with Crippen molar-refractivity contribution in [3.8, 4) is 0 Å². The Hall–Kier alpha value is -0.600. The lowest BCUT2D eigenvalue weighted by Crippen LogP contribution is -2.36. The molecule has 0 spiro atoms. The van der Waals surface area contributed by atoms with E-state index >= 15 is 0 Å². The van der Waals surface area contributed by atoms with Crippen molar-refractivity contribution in [2.45, 2.75) is 38.5 Å². The van der Waals surface area contributed by atoms with E-state index in [1.165, 1.54) is 38.2 Å². The van der Waals surface area contributed by atoms with Crippen molar-refractivity contribution in [3.63, 3.8) is 0 Å². The van der Waals surface area contributed by atoms with Crippen LogP contribution in [-0.2, 0) is 6.42 Å². The van der Waals surface area contributed by atoms with Crippen molar-refractivity contribution < 1.29 is 4.39 Å². The molecule has 100 valence electrons. The summed E-state index contributed by atoms with van der Waals surface area (Å²) in [4.78, 5) is 0. The molecular weight excluding hydrogens is 249 g/mol. The van der Waals surface area contributed by atoms with Crippen LogP contribution >= 0.6 is 11.6 Å². The summed E-state index contributed by atoms with van der Waals surface area (Å²) >= 11 is 5.80. The number of nitrogens with one attached hydrogen (secondary N) is 1. The lowest BCUT2D eigenvalue weighted by Gasteiger charge is -2.37. The Morgan fingerprint density at radius 2 is 2.00 bits per heavy atom. The summed E-state index contributed by atoms with van der Waals surface area (Å²) in [7, 11) is 1.98. The first-order valence-electron chi connectivity index (χ1n) is 6.74. The third kappa shape index (κ3) is 3.24. The van der Waals surface area contributed by atoms with Crippen LogP contribution in [0.15, 0.2) is 18.2 Å². The molecule has 1 aliphatic rings. The molecule has 1 fully saturated rings. The standard InChI is InChI=1S/C15H21ClFN/c1-18-11-15(7-3-2-4-8-15)10-12-5-6-13(16)9-14(12)17/h5-6,9,18H,2-4,7-8,10-11H2,1H3. The Morgan fingerprint density at radius 3 is 2.61 bits per heavy atom. The van der Waals surface area contributed by atoms with Gasteiger partial charge in [0, 0.05) is 11.6 Å². The van der Waals surface area contributed by atoms with Gasteiger partial charge < -0.3 is 5.32 Å². The Morgan fingerprint density at radius 1 is 1.28 bits per heavy atom. The maximum absolute atomic E-state index is 13.9. The van der Waals surface area contributed by atoms with Gasteiger partial charge in [-0.3, -0.25) is 0 Å². The molecule has 0 atom stereocenters. The van der Waals surface area contributed by atoms with Crippen LogP contribution in [0, 0.1) is 11.2 Å². The Bertz CT molecular complexity index is 394. The molecule has 1 N–H and O–H groups in total. The summed E-state index contributed by atoms with van der Waals surface area (Å²) in [5.41, 5.74) is 1.03. The normalized spacial score (nSPS) is 18.8. The summed E-state index contributed by atoms with van der Waals surface area (Å²) in [6.07, 6.45) is 7.03. The summed E-state index contributed by atoms with van der Waals surface area (Å²) in [6.45, 7) is 0.967. The maximum atomic E-state index is 13.9. The van der Waals surface area contributed by atoms with Crippen molar-refractivity contribution >= 4 is 11.6 Å². The zero-order valence-electron chi connectivity index (χ0n) is 10.9. The first kappa shape index (κ1) is 13.8. The number of hydrogen-bond acceptors (Lipinski definition) is 1. The second-order valence-corrected chi connectivity index (χ2v) is 5.94. The molecule has 0 unspecified atom stereocenters. The topological polar surface area (TPSA) is 12.0 Å². The molecule has 0 heterocycles. The van der Waals surface area contributed by atoms with Crippen molar-refractivity contribution in [2.75, 3.05) is 13.6 Å². The van der Waals surface area contributed by atoms with E-state index in [-0.39, 0.29) is 11.2 Å². The molecule has 0 saturated heterocycles. The lowest BCUT2D eigenvalue weighted by molar-refractivity contribution is 0.183. The van der Waals surface area contributed by atoms with Crippen molar-refractivity contribution in [1.29, 1.82) is 0 Å². The number of halogens is 2. The van der Waals surface area contributed by atoms with Gasteiger partial charge in [0.05, 0.1) is 0 Å². The van der Waals surface area contributed by atoms with Gasteiger partial charge >= 0.3 is 0 Å². The molecule has 1 saturated carbocycles. The van der Waals surface area contributed by atoms with E-state index in [9.17, 15) is 4.39 Å². The summed E-state index contributed by atoms with van der Waals surface area (Å²) in [6, 6.07) is 5.05. The first-order chi connectivity index (χ1) is 8.65. The van der Waals surface area contributed by atoms with Gasteiger partial charge in [-0.2, -0.15) is 0 Å². The predicted molar refractivity (Wildman–Crippen MR) is 74.6 cm³/mol. The molecule has 1 nitrogen and oxygen atoms in total. The molecule has 2 rings (SSSR count). The zero-order valence-corrected chi connectivity index (χ0v) is 11.7. The molecule has 0 aromatic heterocycles. The highest BCUT2D eigenvalue weighted by Gasteiger charge is 2.32. The van der Waals surface area contributed by atoms with Gasteiger partial charge in [0.25, 0.3) is 0 Å². The third-order valence-electron chi connectivity index (χ3n) is 4.05. The van der Waals surface area contributed by atoms with E-state index in [0.717, 1.165) is 18.5 Å². The second kappa shape index (κ2) is 6.03. The van der Waals surface area contributed by atoms with Crippen LogP contribution in [0.2, 0.25) is 5.02 Å². The summed E-state index contributed by atoms with van der Waals surface area (Å²) < 4.78 is 13.9. The molecule has 0 amide bonds. The average molecular weight is 270 g/mol. The minimum atomic E-state index is -0.163. The fourth-order valence-electron chi connectivity index (χ4n) is 3.16. The van der Waals surface area contributed by atoms with Crippen molar-refractivity contribution in [3.05, 3.63) is 34.6 Å². The Labute approximate surface area is 114 Å². The van der Waals surface area contributed by atoms with Gasteiger partial charge in [-0.1, -0.05) is 36.9 Å². The van der Waals surface area contributed by atoms with Crippen molar-refractivity contribution in [1.82, 2.24) is 5.32 Å². The van der Waals surface area contributed by atoms with Crippen LogP contribution in [0.1, 0.15) is 37.7 Å². The van der Waals surface area contributed by atoms with Gasteiger partial charge in [0.2, 0.25) is 0 Å². The average Bonchev–Trinajstić information content (AvgIpc) is 2.34. The summed E-state index contributed by atoms with van der Waals surface area (Å²) in [5, 5.41) is 3.76. The SMILES string of the molecule is CNCC1(Cc2ccc(Cl)cc2F)CCCCC1. The van der Waals surface area contributed by atoms with Gasteiger partial charge in [0.1, 0.15) is 5.82 Å². The predicted octanol–water partition coefficient (Wildman–Crippen LogP) is 4.19. The molecule has 1 aliphatic carbocycles. The molecular formula is C15H21ClFN. The Balaban J connectivity index is 2.17. The van der Waals surface area contributed by atoms with E-state index in [1.54, 1.807) is 6.07 Å². The molecule has 1 aromatic carbocycles. The van der Waals surface area contributed by atoms with Gasteiger partial charge in [0.15, 0.2) is 0 Å². The smallest absolute Gasteiger partial charge is 0.127 e. The zero-order chi connectivity index (χ0) is 13.0. The van der Waals surface area contributed by atoms with Gasteiger partial charge in [-0.05, 0) is 49.4 Å². The molecule has 3 heteroatoms. The Kier molecular flexibility index (Phi) is 4.63. The molecule has 0 aliphatic heterocycles. The largest absolute Gasteiger partial charge is 0.319 e. The molecule has 1 aromatic rings. The van der Waals surface area contributed by atoms with Crippen LogP contribution in [0.25, 0.3) is 0 Å². The van der Waals surface area contributed by atoms with Crippen LogP contribution < -0.4 is 5.32 Å². The van der Waals surface area contributed by atoms with Crippen LogP contribution in [-0.4, -0.2) is 13.6 Å². The van der Waals surface area contributed by atoms with Crippen LogP contribution in [0.5, 0.6) is 0 Å². The minimum absolute atomic E-state index is 0.163. The summed E-state index contributed by atoms with van der Waals surface area (Å²) in [5.74, 6) is -0.163. The lowest BCUT2D eigenvalue weighted by atomic mass is 9.70. The van der Waals surface area contributed by atoms with Crippen molar-refractivity contribution in [2.24, 2.45) is 5.41 Å². The number of hydrogen-bond donors (Lipinski definition) is 1. The minimum Gasteiger partial charge on any atom is -0.319 e. The monoisotopic (exact) mass is 269 g/mol. The van der Waals surface area contributed by atoms with E-state index in [2.05, 4.69) is 5.32 Å². The highest BCUT2D eigenvalue weighted by Crippen LogP contribution is 2.39. The van der Waals surface area contributed by atoms with Crippen LogP contribution in [0.3, 0.4) is 0 Å².